The minimum atomic E-state index is -3.70. The molecule has 0 saturated carbocycles. The van der Waals surface area contributed by atoms with E-state index < -0.39 is 16.1 Å². The van der Waals surface area contributed by atoms with Gasteiger partial charge in [-0.15, -0.1) is 11.3 Å². The third kappa shape index (κ3) is 4.16. The van der Waals surface area contributed by atoms with E-state index in [1.807, 2.05) is 32.0 Å². The number of rotatable bonds is 6. The lowest BCUT2D eigenvalue weighted by Gasteiger charge is -2.29. The first kappa shape index (κ1) is 19.1. The van der Waals surface area contributed by atoms with Gasteiger partial charge < -0.3 is 5.32 Å². The average molecular weight is 393 g/mol. The molecule has 2 unspecified atom stereocenters. The van der Waals surface area contributed by atoms with Crippen molar-refractivity contribution in [2.24, 2.45) is 5.92 Å². The average Bonchev–Trinajstić information content (AvgIpc) is 3.15. The van der Waals surface area contributed by atoms with E-state index >= 15 is 0 Å². The zero-order valence-corrected chi connectivity index (χ0v) is 16.6. The third-order valence-corrected chi connectivity index (χ3v) is 7.52. The van der Waals surface area contributed by atoms with Crippen molar-refractivity contribution in [1.82, 2.24) is 10.0 Å². The zero-order chi connectivity index (χ0) is 18.7. The fourth-order valence-corrected chi connectivity index (χ4v) is 5.65. The molecule has 0 spiro atoms. The highest BCUT2D eigenvalue weighted by molar-refractivity contribution is 7.91. The summed E-state index contributed by atoms with van der Waals surface area (Å²) in [4.78, 5) is 12.9. The van der Waals surface area contributed by atoms with Crippen LogP contribution >= 0.6 is 11.3 Å². The van der Waals surface area contributed by atoms with Crippen LogP contribution in [0.25, 0.3) is 0 Å². The molecule has 1 aromatic carbocycles. The maximum Gasteiger partial charge on any atom is 0.250 e. The highest BCUT2D eigenvalue weighted by Gasteiger charge is 2.31. The molecule has 1 amide bonds. The monoisotopic (exact) mass is 392 g/mol. The lowest BCUT2D eigenvalue weighted by molar-refractivity contribution is -0.124. The van der Waals surface area contributed by atoms with Crippen molar-refractivity contribution in [2.45, 2.75) is 49.4 Å². The molecule has 2 aromatic rings. The fraction of sp³-hybridized carbons (Fsp3) is 0.421. The predicted octanol–water partition coefficient (Wildman–Crippen LogP) is 3.24. The van der Waals surface area contributed by atoms with Gasteiger partial charge in [0, 0.05) is 0 Å². The molecule has 3 rings (SSSR count). The number of benzene rings is 1. The lowest BCUT2D eigenvalue weighted by atomic mass is 9.87. The topological polar surface area (TPSA) is 75.3 Å². The molecule has 1 heterocycles. The Morgan fingerprint density at radius 1 is 1.19 bits per heavy atom. The highest BCUT2D eigenvalue weighted by Crippen LogP contribution is 2.29. The Hall–Kier alpha value is -1.70. The molecule has 2 atom stereocenters. The Morgan fingerprint density at radius 3 is 2.65 bits per heavy atom. The molecule has 140 valence electrons. The molecule has 0 bridgehead atoms. The molecule has 2 N–H and O–H groups in total. The van der Waals surface area contributed by atoms with Gasteiger partial charge in [-0.2, -0.15) is 4.72 Å². The Bertz CT molecular complexity index is 861. The van der Waals surface area contributed by atoms with Gasteiger partial charge in [0.2, 0.25) is 5.91 Å². The summed E-state index contributed by atoms with van der Waals surface area (Å²) in [6.07, 6.45) is 2.89. The normalized spacial score (nSPS) is 18.3. The zero-order valence-electron chi connectivity index (χ0n) is 14.9. The van der Waals surface area contributed by atoms with Crippen molar-refractivity contribution in [2.75, 3.05) is 0 Å². The molecular formula is C19H24N2O3S2. The molecule has 1 aliphatic rings. The van der Waals surface area contributed by atoms with Gasteiger partial charge in [0.25, 0.3) is 10.0 Å². The van der Waals surface area contributed by atoms with Crippen LogP contribution in [0.15, 0.2) is 46.0 Å². The van der Waals surface area contributed by atoms with E-state index in [9.17, 15) is 13.2 Å². The van der Waals surface area contributed by atoms with Gasteiger partial charge in [0.05, 0.1) is 6.04 Å². The number of carbonyl (C=O) groups excluding carboxylic acids is 1. The summed E-state index contributed by atoms with van der Waals surface area (Å²) in [5, 5.41) is 4.77. The maximum absolute atomic E-state index is 12.9. The summed E-state index contributed by atoms with van der Waals surface area (Å²) < 4.78 is 27.8. The van der Waals surface area contributed by atoms with Crippen molar-refractivity contribution in [3.8, 4) is 0 Å². The number of amides is 1. The Kier molecular flexibility index (Phi) is 5.79. The summed E-state index contributed by atoms with van der Waals surface area (Å²) in [5.74, 6) is -0.439. The Balaban J connectivity index is 1.76. The SMILES string of the molecule is CC(C)C(NS(=O)(=O)c1cccs1)C(=O)NC1CCCc2ccccc21. The largest absolute Gasteiger partial charge is 0.348 e. The van der Waals surface area contributed by atoms with Crippen LogP contribution in [-0.2, 0) is 21.2 Å². The summed E-state index contributed by atoms with van der Waals surface area (Å²) in [7, 11) is -3.70. The Labute approximate surface area is 158 Å². The number of thiophene rings is 1. The van der Waals surface area contributed by atoms with E-state index in [1.165, 1.54) is 5.56 Å². The van der Waals surface area contributed by atoms with Crippen molar-refractivity contribution >= 4 is 27.3 Å². The maximum atomic E-state index is 12.9. The third-order valence-electron chi connectivity index (χ3n) is 4.68. The first-order valence-corrected chi connectivity index (χ1v) is 11.2. The molecule has 5 nitrogen and oxygen atoms in total. The number of hydrogen-bond donors (Lipinski definition) is 2. The first-order chi connectivity index (χ1) is 12.4. The van der Waals surface area contributed by atoms with Crippen LogP contribution in [0.3, 0.4) is 0 Å². The standard InChI is InChI=1S/C19H24N2O3S2/c1-13(2)18(21-26(23,24)17-11-6-12-25-17)19(22)20-16-10-5-8-14-7-3-4-9-15(14)16/h3-4,6-7,9,11-13,16,18,21H,5,8,10H2,1-2H3,(H,20,22). The fourth-order valence-electron chi connectivity index (χ4n) is 3.30. The van der Waals surface area contributed by atoms with Crippen LogP contribution in [0.4, 0.5) is 0 Å². The van der Waals surface area contributed by atoms with E-state index in [-0.39, 0.29) is 22.1 Å². The summed E-state index contributed by atoms with van der Waals surface area (Å²) in [6, 6.07) is 10.5. The number of aryl methyl sites for hydroxylation is 1. The number of sulfonamides is 1. The lowest BCUT2D eigenvalue weighted by Crippen LogP contribution is -2.50. The quantitative estimate of drug-likeness (QED) is 0.792. The van der Waals surface area contributed by atoms with E-state index in [0.717, 1.165) is 36.2 Å². The molecule has 7 heteroatoms. The molecule has 0 saturated heterocycles. The summed E-state index contributed by atoms with van der Waals surface area (Å²) >= 11 is 1.14. The van der Waals surface area contributed by atoms with Crippen molar-refractivity contribution < 1.29 is 13.2 Å². The van der Waals surface area contributed by atoms with Gasteiger partial charge >= 0.3 is 0 Å². The number of hydrogen-bond acceptors (Lipinski definition) is 4. The van der Waals surface area contributed by atoms with E-state index in [1.54, 1.807) is 17.5 Å². The minimum Gasteiger partial charge on any atom is -0.348 e. The van der Waals surface area contributed by atoms with Crippen LogP contribution in [0, 0.1) is 5.92 Å². The molecule has 0 fully saturated rings. The van der Waals surface area contributed by atoms with Gasteiger partial charge in [0.15, 0.2) is 0 Å². The molecule has 1 aromatic heterocycles. The summed E-state index contributed by atoms with van der Waals surface area (Å²) in [6.45, 7) is 3.69. The highest BCUT2D eigenvalue weighted by atomic mass is 32.2. The second-order valence-corrected chi connectivity index (χ2v) is 9.82. The van der Waals surface area contributed by atoms with Gasteiger partial charge in [-0.05, 0) is 47.8 Å². The molecule has 1 aliphatic carbocycles. The van der Waals surface area contributed by atoms with Gasteiger partial charge in [0.1, 0.15) is 10.3 Å². The number of carbonyl (C=O) groups is 1. The van der Waals surface area contributed by atoms with Crippen molar-refractivity contribution in [3.05, 3.63) is 52.9 Å². The van der Waals surface area contributed by atoms with E-state index in [4.69, 9.17) is 0 Å². The van der Waals surface area contributed by atoms with E-state index in [2.05, 4.69) is 16.1 Å². The van der Waals surface area contributed by atoms with Gasteiger partial charge in [-0.3, -0.25) is 4.79 Å². The minimum absolute atomic E-state index is 0.0695. The molecular weight excluding hydrogens is 368 g/mol. The number of fused-ring (bicyclic) bond motifs is 1. The second-order valence-electron chi connectivity index (χ2n) is 6.93. The van der Waals surface area contributed by atoms with Crippen LogP contribution in [-0.4, -0.2) is 20.4 Å². The predicted molar refractivity (Wildman–Crippen MR) is 104 cm³/mol. The van der Waals surface area contributed by atoms with E-state index in [0.29, 0.717) is 0 Å². The van der Waals surface area contributed by atoms with Gasteiger partial charge in [-0.1, -0.05) is 44.2 Å². The van der Waals surface area contributed by atoms with Crippen LogP contribution in [0.5, 0.6) is 0 Å². The molecule has 0 aliphatic heterocycles. The molecule has 0 radical (unpaired) electrons. The van der Waals surface area contributed by atoms with Crippen molar-refractivity contribution in [3.63, 3.8) is 0 Å². The number of nitrogens with one attached hydrogen (secondary N) is 2. The first-order valence-electron chi connectivity index (χ1n) is 8.82. The van der Waals surface area contributed by atoms with Gasteiger partial charge in [-0.25, -0.2) is 8.42 Å². The van der Waals surface area contributed by atoms with Crippen LogP contribution in [0.1, 0.15) is 43.9 Å². The van der Waals surface area contributed by atoms with Crippen LogP contribution in [0.2, 0.25) is 0 Å². The summed E-state index contributed by atoms with van der Waals surface area (Å²) in [5.41, 5.74) is 2.39. The second kappa shape index (κ2) is 7.90. The Morgan fingerprint density at radius 2 is 1.96 bits per heavy atom. The van der Waals surface area contributed by atoms with Crippen molar-refractivity contribution in [1.29, 1.82) is 0 Å². The van der Waals surface area contributed by atoms with Crippen LogP contribution < -0.4 is 10.0 Å². The molecule has 26 heavy (non-hydrogen) atoms. The smallest absolute Gasteiger partial charge is 0.250 e.